The standard InChI is InChI=1S/C26H26FN3O5/c27-19-9-4-10-20(15-19)30(23(31)17-29-25(32)22-12-6-14-35-22)24(18-7-2-1-3-8-18)26(33)28-16-21-11-5-13-34-21/h1-4,6-10,12,14-15,21,24H,5,11,13,16-17H2,(H,28,33)(H,29,32)/t21-,24-/m1/s1. The molecular formula is C26H26FN3O5. The molecule has 0 bridgehead atoms. The van der Waals surface area contributed by atoms with Gasteiger partial charge in [0.05, 0.1) is 18.9 Å². The van der Waals surface area contributed by atoms with Crippen molar-refractivity contribution in [3.05, 3.63) is 90.1 Å². The Kier molecular flexibility index (Phi) is 7.89. The number of amides is 3. The van der Waals surface area contributed by atoms with E-state index in [0.717, 1.165) is 12.8 Å². The largest absolute Gasteiger partial charge is 0.459 e. The van der Waals surface area contributed by atoms with E-state index in [1.165, 1.54) is 35.4 Å². The molecule has 2 atom stereocenters. The molecule has 9 heteroatoms. The molecule has 0 spiro atoms. The van der Waals surface area contributed by atoms with Crippen LogP contribution in [0.2, 0.25) is 0 Å². The van der Waals surface area contributed by atoms with Crippen molar-refractivity contribution in [1.29, 1.82) is 0 Å². The molecule has 0 saturated carbocycles. The third kappa shape index (κ3) is 6.13. The van der Waals surface area contributed by atoms with Crippen LogP contribution in [-0.2, 0) is 14.3 Å². The first kappa shape index (κ1) is 24.2. The smallest absolute Gasteiger partial charge is 0.287 e. The lowest BCUT2D eigenvalue weighted by Gasteiger charge is -2.32. The molecular weight excluding hydrogens is 453 g/mol. The fraction of sp³-hybridized carbons (Fsp3) is 0.269. The topological polar surface area (TPSA) is 101 Å². The van der Waals surface area contributed by atoms with Crippen LogP contribution in [-0.4, -0.2) is 43.5 Å². The van der Waals surface area contributed by atoms with Crippen molar-refractivity contribution in [2.24, 2.45) is 0 Å². The number of nitrogens with zero attached hydrogens (tertiary/aromatic N) is 1. The number of nitrogens with one attached hydrogen (secondary N) is 2. The molecule has 1 aromatic heterocycles. The molecule has 1 saturated heterocycles. The van der Waals surface area contributed by atoms with Crippen LogP contribution in [0.15, 0.2) is 77.4 Å². The van der Waals surface area contributed by atoms with Crippen molar-refractivity contribution in [3.8, 4) is 0 Å². The summed E-state index contributed by atoms with van der Waals surface area (Å²) in [6.07, 6.45) is 3.01. The van der Waals surface area contributed by atoms with Crippen LogP contribution in [0.5, 0.6) is 0 Å². The highest BCUT2D eigenvalue weighted by atomic mass is 19.1. The van der Waals surface area contributed by atoms with E-state index >= 15 is 0 Å². The molecule has 4 rings (SSSR count). The van der Waals surface area contributed by atoms with E-state index < -0.39 is 36.1 Å². The van der Waals surface area contributed by atoms with E-state index in [0.29, 0.717) is 18.7 Å². The van der Waals surface area contributed by atoms with Crippen LogP contribution in [0.4, 0.5) is 10.1 Å². The maximum absolute atomic E-state index is 14.2. The van der Waals surface area contributed by atoms with E-state index in [-0.39, 0.29) is 17.6 Å². The first-order chi connectivity index (χ1) is 17.0. The van der Waals surface area contributed by atoms with E-state index in [1.807, 2.05) is 0 Å². The third-order valence-electron chi connectivity index (χ3n) is 5.65. The number of halogens is 1. The Bertz CT molecular complexity index is 1150. The normalized spacial score (nSPS) is 15.9. The van der Waals surface area contributed by atoms with Crippen LogP contribution in [0.25, 0.3) is 0 Å². The molecule has 182 valence electrons. The Labute approximate surface area is 202 Å². The van der Waals surface area contributed by atoms with Crippen LogP contribution >= 0.6 is 0 Å². The molecule has 1 aliphatic heterocycles. The lowest BCUT2D eigenvalue weighted by atomic mass is 10.0. The third-order valence-corrected chi connectivity index (χ3v) is 5.65. The summed E-state index contributed by atoms with van der Waals surface area (Å²) in [5.74, 6) is -2.14. The highest BCUT2D eigenvalue weighted by Gasteiger charge is 2.33. The van der Waals surface area contributed by atoms with E-state index in [4.69, 9.17) is 9.15 Å². The zero-order chi connectivity index (χ0) is 24.6. The summed E-state index contributed by atoms with van der Waals surface area (Å²) in [6, 6.07) is 16.1. The highest BCUT2D eigenvalue weighted by molar-refractivity contribution is 6.04. The average molecular weight is 480 g/mol. The maximum atomic E-state index is 14.2. The number of hydrogen-bond acceptors (Lipinski definition) is 5. The second kappa shape index (κ2) is 11.4. The van der Waals surface area contributed by atoms with Gasteiger partial charge in [0, 0.05) is 18.8 Å². The summed E-state index contributed by atoms with van der Waals surface area (Å²) >= 11 is 0. The van der Waals surface area contributed by atoms with Crippen molar-refractivity contribution in [1.82, 2.24) is 10.6 Å². The quantitative estimate of drug-likeness (QED) is 0.491. The van der Waals surface area contributed by atoms with E-state index in [2.05, 4.69) is 10.6 Å². The highest BCUT2D eigenvalue weighted by Crippen LogP contribution is 2.29. The number of furan rings is 1. The Morgan fingerprint density at radius 2 is 1.86 bits per heavy atom. The summed E-state index contributed by atoms with van der Waals surface area (Å²) in [7, 11) is 0. The number of carbonyl (C=O) groups is 3. The minimum absolute atomic E-state index is 0.0454. The molecule has 35 heavy (non-hydrogen) atoms. The Balaban J connectivity index is 1.63. The molecule has 2 N–H and O–H groups in total. The minimum Gasteiger partial charge on any atom is -0.459 e. The minimum atomic E-state index is -1.10. The van der Waals surface area contributed by atoms with Gasteiger partial charge in [-0.05, 0) is 48.7 Å². The molecule has 2 aromatic carbocycles. The Morgan fingerprint density at radius 3 is 2.54 bits per heavy atom. The van der Waals surface area contributed by atoms with Gasteiger partial charge in [0.25, 0.3) is 5.91 Å². The van der Waals surface area contributed by atoms with Gasteiger partial charge in [0.15, 0.2) is 5.76 Å². The second-order valence-corrected chi connectivity index (χ2v) is 8.10. The fourth-order valence-electron chi connectivity index (χ4n) is 3.97. The average Bonchev–Trinajstić information content (AvgIpc) is 3.59. The fourth-order valence-corrected chi connectivity index (χ4v) is 3.97. The van der Waals surface area contributed by atoms with Gasteiger partial charge >= 0.3 is 0 Å². The first-order valence-corrected chi connectivity index (χ1v) is 11.4. The Morgan fingerprint density at radius 1 is 1.03 bits per heavy atom. The molecule has 8 nitrogen and oxygen atoms in total. The van der Waals surface area contributed by atoms with Gasteiger partial charge in [-0.25, -0.2) is 4.39 Å². The summed E-state index contributed by atoms with van der Waals surface area (Å²) in [5.41, 5.74) is 0.718. The molecule has 2 heterocycles. The van der Waals surface area contributed by atoms with Gasteiger partial charge in [-0.1, -0.05) is 36.4 Å². The van der Waals surface area contributed by atoms with E-state index in [1.54, 1.807) is 42.5 Å². The van der Waals surface area contributed by atoms with Gasteiger partial charge < -0.3 is 19.8 Å². The number of rotatable bonds is 9. The zero-order valence-corrected chi connectivity index (χ0v) is 19.0. The SMILES string of the molecule is O=C(NCC(=O)N(c1cccc(F)c1)[C@@H](C(=O)NC[C@H]1CCCO1)c1ccccc1)c1ccco1. The Hall–Kier alpha value is -3.98. The van der Waals surface area contributed by atoms with Crippen molar-refractivity contribution in [3.63, 3.8) is 0 Å². The van der Waals surface area contributed by atoms with Crippen molar-refractivity contribution >= 4 is 23.4 Å². The zero-order valence-electron chi connectivity index (χ0n) is 19.0. The molecule has 1 fully saturated rings. The van der Waals surface area contributed by atoms with Crippen molar-refractivity contribution < 1.29 is 27.9 Å². The van der Waals surface area contributed by atoms with Crippen LogP contribution < -0.4 is 15.5 Å². The van der Waals surface area contributed by atoms with Gasteiger partial charge in [-0.3, -0.25) is 19.3 Å². The lowest BCUT2D eigenvalue weighted by molar-refractivity contribution is -0.126. The predicted molar refractivity (Wildman–Crippen MR) is 126 cm³/mol. The molecule has 0 unspecified atom stereocenters. The molecule has 0 radical (unpaired) electrons. The summed E-state index contributed by atoms with van der Waals surface area (Å²) in [6.45, 7) is 0.507. The van der Waals surface area contributed by atoms with Gasteiger partial charge in [0.2, 0.25) is 11.8 Å². The molecule has 1 aliphatic rings. The van der Waals surface area contributed by atoms with Gasteiger partial charge in [0.1, 0.15) is 11.9 Å². The number of ether oxygens (including phenoxy) is 1. The number of benzene rings is 2. The summed E-state index contributed by atoms with van der Waals surface area (Å²) in [4.78, 5) is 40.5. The molecule has 0 aliphatic carbocycles. The van der Waals surface area contributed by atoms with Crippen molar-refractivity contribution in [2.45, 2.75) is 25.0 Å². The second-order valence-electron chi connectivity index (χ2n) is 8.10. The summed E-state index contributed by atoms with van der Waals surface area (Å²) in [5, 5.41) is 5.38. The predicted octanol–water partition coefficient (Wildman–Crippen LogP) is 3.22. The van der Waals surface area contributed by atoms with E-state index in [9.17, 15) is 18.8 Å². The number of carbonyl (C=O) groups excluding carboxylic acids is 3. The maximum Gasteiger partial charge on any atom is 0.287 e. The molecule has 3 amide bonds. The van der Waals surface area contributed by atoms with Crippen molar-refractivity contribution in [2.75, 3.05) is 24.6 Å². The number of anilines is 1. The van der Waals surface area contributed by atoms with Crippen LogP contribution in [0.1, 0.15) is 35.0 Å². The van der Waals surface area contributed by atoms with Gasteiger partial charge in [-0.15, -0.1) is 0 Å². The first-order valence-electron chi connectivity index (χ1n) is 11.4. The van der Waals surface area contributed by atoms with Crippen LogP contribution in [0, 0.1) is 5.82 Å². The summed E-state index contributed by atoms with van der Waals surface area (Å²) < 4.78 is 24.8. The molecule has 3 aromatic rings. The lowest BCUT2D eigenvalue weighted by Crippen LogP contribution is -2.48. The van der Waals surface area contributed by atoms with Gasteiger partial charge in [-0.2, -0.15) is 0 Å². The number of hydrogen-bond donors (Lipinski definition) is 2. The van der Waals surface area contributed by atoms with Crippen LogP contribution in [0.3, 0.4) is 0 Å². The monoisotopic (exact) mass is 479 g/mol.